The van der Waals surface area contributed by atoms with Gasteiger partial charge in [0.1, 0.15) is 0 Å². The van der Waals surface area contributed by atoms with Crippen molar-refractivity contribution in [3.05, 3.63) is 0 Å². The molecule has 2 aliphatic heterocycles. The predicted molar refractivity (Wildman–Crippen MR) is 89.5 cm³/mol. The maximum Gasteiger partial charge on any atom is 0.317 e. The lowest BCUT2D eigenvalue weighted by Crippen LogP contribution is -2.61. The molecule has 1 aliphatic carbocycles. The number of carboxylic acid groups (broad SMARTS) is 1. The van der Waals surface area contributed by atoms with Crippen LogP contribution in [-0.4, -0.2) is 70.7 Å². The van der Waals surface area contributed by atoms with E-state index in [2.05, 4.69) is 6.92 Å². The van der Waals surface area contributed by atoms with Gasteiger partial charge in [0.2, 0.25) is 5.91 Å². The molecule has 0 bridgehead atoms. The average Bonchev–Trinajstić information content (AvgIpc) is 2.98. The lowest BCUT2D eigenvalue weighted by atomic mass is 9.71. The Kier molecular flexibility index (Phi) is 4.89. The summed E-state index contributed by atoms with van der Waals surface area (Å²) in [4.78, 5) is 28.0. The Morgan fingerprint density at radius 3 is 2.46 bits per heavy atom. The number of piperidine rings is 2. The van der Waals surface area contributed by atoms with E-state index in [9.17, 15) is 14.7 Å². The Bertz CT molecular complexity index is 503. The molecule has 0 unspecified atom stereocenters. The normalized spacial score (nSPS) is 33.8. The van der Waals surface area contributed by atoms with Crippen molar-refractivity contribution >= 4 is 11.9 Å². The molecule has 2 atom stereocenters. The van der Waals surface area contributed by atoms with Gasteiger partial charge in [-0.1, -0.05) is 19.8 Å². The zero-order chi connectivity index (χ0) is 17.4. The van der Waals surface area contributed by atoms with E-state index in [-0.39, 0.29) is 23.3 Å². The Hall–Kier alpha value is -1.14. The van der Waals surface area contributed by atoms with Crippen LogP contribution in [0.2, 0.25) is 0 Å². The number of aliphatic hydroxyl groups is 1. The minimum absolute atomic E-state index is 0.0140. The zero-order valence-corrected chi connectivity index (χ0v) is 14.7. The second-order valence-corrected chi connectivity index (χ2v) is 8.37. The molecular weight excluding hydrogens is 308 g/mol. The highest BCUT2D eigenvalue weighted by molar-refractivity contribution is 5.82. The highest BCUT2D eigenvalue weighted by atomic mass is 16.4. The summed E-state index contributed by atoms with van der Waals surface area (Å²) < 4.78 is 0. The summed E-state index contributed by atoms with van der Waals surface area (Å²) in [6, 6.07) is 0. The summed E-state index contributed by atoms with van der Waals surface area (Å²) in [5, 5.41) is 19.7. The molecule has 1 spiro atoms. The van der Waals surface area contributed by atoms with Crippen molar-refractivity contribution < 1.29 is 19.8 Å². The number of hydrogen-bond donors (Lipinski definition) is 2. The first kappa shape index (κ1) is 17.7. The number of hydrogen-bond acceptors (Lipinski definition) is 4. The van der Waals surface area contributed by atoms with Gasteiger partial charge in [-0.15, -0.1) is 0 Å². The van der Waals surface area contributed by atoms with Crippen LogP contribution >= 0.6 is 0 Å². The maximum atomic E-state index is 13.1. The van der Waals surface area contributed by atoms with E-state index in [1.807, 2.05) is 9.80 Å². The fraction of sp³-hybridized carbons (Fsp3) is 0.889. The number of carbonyl (C=O) groups is 2. The second-order valence-electron chi connectivity index (χ2n) is 8.37. The van der Waals surface area contributed by atoms with E-state index < -0.39 is 12.1 Å². The monoisotopic (exact) mass is 338 g/mol. The summed E-state index contributed by atoms with van der Waals surface area (Å²) in [7, 11) is 0. The molecule has 0 aromatic carbocycles. The number of amides is 1. The van der Waals surface area contributed by atoms with Crippen LogP contribution in [0.25, 0.3) is 0 Å². The van der Waals surface area contributed by atoms with Crippen LogP contribution in [-0.2, 0) is 9.59 Å². The molecule has 6 heteroatoms. The third kappa shape index (κ3) is 3.31. The van der Waals surface area contributed by atoms with Crippen LogP contribution in [0.4, 0.5) is 0 Å². The summed E-state index contributed by atoms with van der Waals surface area (Å²) in [6.07, 6.45) is 6.06. The predicted octanol–water partition coefficient (Wildman–Crippen LogP) is 1.33. The van der Waals surface area contributed by atoms with Gasteiger partial charge < -0.3 is 15.1 Å². The van der Waals surface area contributed by atoms with Crippen LogP contribution in [0.5, 0.6) is 0 Å². The highest BCUT2D eigenvalue weighted by Gasteiger charge is 2.49. The van der Waals surface area contributed by atoms with Crippen molar-refractivity contribution in [2.24, 2.45) is 10.8 Å². The van der Waals surface area contributed by atoms with E-state index in [0.29, 0.717) is 26.1 Å². The standard InChI is InChI=1S/C18H30N2O4/c1-17(6-2-3-7-17)16(24)20-9-4-8-18(13-20)12-19(11-15(22)23)10-5-14(18)21/h14,21H,2-13H2,1H3,(H,22,23)/t14-,18-/m1/s1. The largest absolute Gasteiger partial charge is 0.480 e. The van der Waals surface area contributed by atoms with Crippen molar-refractivity contribution in [2.75, 3.05) is 32.7 Å². The van der Waals surface area contributed by atoms with Crippen LogP contribution in [0.15, 0.2) is 0 Å². The number of aliphatic hydroxyl groups excluding tert-OH is 1. The van der Waals surface area contributed by atoms with Gasteiger partial charge in [-0.2, -0.15) is 0 Å². The van der Waals surface area contributed by atoms with Crippen LogP contribution in [0.3, 0.4) is 0 Å². The SMILES string of the molecule is CC1(C(=O)N2CCC[C@@]3(CN(CC(=O)O)CC[C@H]3O)C2)CCCC1. The number of carboxylic acids is 1. The molecule has 1 saturated carbocycles. The van der Waals surface area contributed by atoms with Crippen molar-refractivity contribution in [2.45, 2.75) is 58.0 Å². The second kappa shape index (κ2) is 6.64. The fourth-order valence-electron chi connectivity index (χ4n) is 5.05. The molecule has 3 fully saturated rings. The molecule has 3 rings (SSSR count). The van der Waals surface area contributed by atoms with Crippen LogP contribution < -0.4 is 0 Å². The fourth-order valence-corrected chi connectivity index (χ4v) is 5.05. The van der Waals surface area contributed by atoms with Crippen molar-refractivity contribution in [3.63, 3.8) is 0 Å². The molecule has 0 aromatic heterocycles. The molecule has 0 radical (unpaired) electrons. The number of nitrogens with zero attached hydrogens (tertiary/aromatic N) is 2. The van der Waals surface area contributed by atoms with Crippen LogP contribution in [0.1, 0.15) is 51.9 Å². The van der Waals surface area contributed by atoms with E-state index in [1.165, 1.54) is 0 Å². The van der Waals surface area contributed by atoms with Gasteiger partial charge in [0.05, 0.1) is 12.6 Å². The van der Waals surface area contributed by atoms with E-state index in [0.717, 1.165) is 45.1 Å². The molecule has 2 saturated heterocycles. The Morgan fingerprint density at radius 2 is 1.79 bits per heavy atom. The summed E-state index contributed by atoms with van der Waals surface area (Å²) >= 11 is 0. The molecule has 6 nitrogen and oxygen atoms in total. The molecule has 1 amide bonds. The summed E-state index contributed by atoms with van der Waals surface area (Å²) in [5.74, 6) is -0.592. The molecule has 2 N–H and O–H groups in total. The van der Waals surface area contributed by atoms with Crippen molar-refractivity contribution in [1.29, 1.82) is 0 Å². The Labute approximate surface area is 143 Å². The zero-order valence-electron chi connectivity index (χ0n) is 14.7. The van der Waals surface area contributed by atoms with Gasteiger partial charge >= 0.3 is 5.97 Å². The molecule has 2 heterocycles. The van der Waals surface area contributed by atoms with Gasteiger partial charge in [0.15, 0.2) is 0 Å². The third-order valence-corrected chi connectivity index (χ3v) is 6.44. The third-order valence-electron chi connectivity index (χ3n) is 6.44. The van der Waals surface area contributed by atoms with Gasteiger partial charge in [0, 0.05) is 37.0 Å². The average molecular weight is 338 g/mol. The van der Waals surface area contributed by atoms with Gasteiger partial charge in [-0.3, -0.25) is 14.5 Å². The smallest absolute Gasteiger partial charge is 0.317 e. The number of carbonyl (C=O) groups excluding carboxylic acids is 1. The van der Waals surface area contributed by atoms with Crippen LogP contribution in [0, 0.1) is 10.8 Å². The first-order valence-electron chi connectivity index (χ1n) is 9.26. The molecule has 0 aromatic rings. The molecular formula is C18H30N2O4. The van der Waals surface area contributed by atoms with E-state index >= 15 is 0 Å². The maximum absolute atomic E-state index is 13.1. The van der Waals surface area contributed by atoms with E-state index in [1.54, 1.807) is 0 Å². The van der Waals surface area contributed by atoms with E-state index in [4.69, 9.17) is 5.11 Å². The number of rotatable bonds is 3. The lowest BCUT2D eigenvalue weighted by Gasteiger charge is -2.51. The van der Waals surface area contributed by atoms with Gasteiger partial charge in [0.25, 0.3) is 0 Å². The summed E-state index contributed by atoms with van der Waals surface area (Å²) in [5.41, 5.74) is -0.602. The quantitative estimate of drug-likeness (QED) is 0.811. The lowest BCUT2D eigenvalue weighted by molar-refractivity contribution is -0.153. The number of aliphatic carboxylic acids is 1. The van der Waals surface area contributed by atoms with Crippen molar-refractivity contribution in [3.8, 4) is 0 Å². The molecule has 3 aliphatic rings. The topological polar surface area (TPSA) is 81.1 Å². The number of likely N-dealkylation sites (tertiary alicyclic amines) is 2. The van der Waals surface area contributed by atoms with Gasteiger partial charge in [-0.25, -0.2) is 0 Å². The molecule has 136 valence electrons. The van der Waals surface area contributed by atoms with Gasteiger partial charge in [-0.05, 0) is 32.1 Å². The Morgan fingerprint density at radius 1 is 1.08 bits per heavy atom. The minimum atomic E-state index is -0.830. The first-order chi connectivity index (χ1) is 11.3. The highest BCUT2D eigenvalue weighted by Crippen LogP contribution is 2.43. The Balaban J connectivity index is 1.73. The molecule has 24 heavy (non-hydrogen) atoms. The minimum Gasteiger partial charge on any atom is -0.480 e. The van der Waals surface area contributed by atoms with Crippen molar-refractivity contribution in [1.82, 2.24) is 9.80 Å². The first-order valence-corrected chi connectivity index (χ1v) is 9.26. The summed E-state index contributed by atoms with van der Waals surface area (Å²) in [6.45, 7) is 4.61.